The number of benzene rings is 1. The third-order valence-corrected chi connectivity index (χ3v) is 4.86. The second kappa shape index (κ2) is 7.56. The fraction of sp³-hybridized carbons (Fsp3) is 0.429. The van der Waals surface area contributed by atoms with Crippen molar-refractivity contribution in [2.24, 2.45) is 0 Å². The monoisotopic (exact) mass is 370 g/mol. The predicted molar refractivity (Wildman–Crippen MR) is 103 cm³/mol. The maximum absolute atomic E-state index is 12.9. The van der Waals surface area contributed by atoms with Crippen LogP contribution in [0.5, 0.6) is 0 Å². The molecule has 1 aliphatic heterocycles. The second-order valence-electron chi connectivity index (χ2n) is 6.94. The highest BCUT2D eigenvalue weighted by molar-refractivity contribution is 6.06. The maximum atomic E-state index is 12.9. The number of ether oxygens (including phenoxy) is 2. The van der Waals surface area contributed by atoms with Crippen LogP contribution < -0.4 is 5.32 Å². The number of fused-ring (bicyclic) bond motifs is 3. The number of hydrogen-bond donors (Lipinski definition) is 2. The van der Waals surface area contributed by atoms with Gasteiger partial charge in [0.05, 0.1) is 19.3 Å². The predicted octanol–water partition coefficient (Wildman–Crippen LogP) is 3.19. The van der Waals surface area contributed by atoms with Crippen LogP contribution in [0.3, 0.4) is 0 Å². The van der Waals surface area contributed by atoms with Crippen LogP contribution in [0.1, 0.15) is 44.5 Å². The molecule has 1 aliphatic rings. The van der Waals surface area contributed by atoms with Gasteiger partial charge in [-0.15, -0.1) is 6.58 Å². The molecule has 1 aromatic heterocycles. The van der Waals surface area contributed by atoms with E-state index in [2.05, 4.69) is 16.9 Å². The molecule has 2 N–H and O–H groups in total. The van der Waals surface area contributed by atoms with E-state index in [1.807, 2.05) is 31.2 Å². The topological polar surface area (TPSA) is 80.4 Å². The Balaban J connectivity index is 2.17. The average Bonchev–Trinajstić information content (AvgIpc) is 3.00. The second-order valence-corrected chi connectivity index (χ2v) is 6.94. The van der Waals surface area contributed by atoms with Crippen LogP contribution in [0, 0.1) is 0 Å². The first-order valence-corrected chi connectivity index (χ1v) is 9.29. The highest BCUT2D eigenvalue weighted by atomic mass is 16.6. The molecule has 2 aromatic rings. The van der Waals surface area contributed by atoms with Gasteiger partial charge in [-0.2, -0.15) is 0 Å². The Hall–Kier alpha value is -2.60. The van der Waals surface area contributed by atoms with E-state index < -0.39 is 17.5 Å². The van der Waals surface area contributed by atoms with Crippen molar-refractivity contribution < 1.29 is 19.1 Å². The number of rotatable bonds is 6. The molecule has 0 radical (unpaired) electrons. The first-order chi connectivity index (χ1) is 12.9. The largest absolute Gasteiger partial charge is 0.464 e. The van der Waals surface area contributed by atoms with Gasteiger partial charge in [-0.3, -0.25) is 5.32 Å². The molecule has 0 fully saturated rings. The zero-order valence-electron chi connectivity index (χ0n) is 16.1. The van der Waals surface area contributed by atoms with E-state index in [0.29, 0.717) is 6.42 Å². The van der Waals surface area contributed by atoms with E-state index in [0.717, 1.165) is 27.7 Å². The van der Waals surface area contributed by atoms with Gasteiger partial charge in [-0.1, -0.05) is 23.8 Å². The quantitative estimate of drug-likeness (QED) is 0.464. The third kappa shape index (κ3) is 3.37. The SMILES string of the molecule is C=C(C)CC1NC(C(=O)OCC)(C(=O)OCC)Cc2c1[nH]c1ccccc21. The Morgan fingerprint density at radius 1 is 1.19 bits per heavy atom. The minimum Gasteiger partial charge on any atom is -0.464 e. The fourth-order valence-electron chi connectivity index (χ4n) is 3.75. The van der Waals surface area contributed by atoms with E-state index >= 15 is 0 Å². The summed E-state index contributed by atoms with van der Waals surface area (Å²) < 4.78 is 10.5. The Bertz CT molecular complexity index is 865. The number of carbonyl (C=O) groups is 2. The Morgan fingerprint density at radius 3 is 2.41 bits per heavy atom. The summed E-state index contributed by atoms with van der Waals surface area (Å²) in [6.45, 7) is 9.75. The molecule has 3 rings (SSSR count). The molecule has 27 heavy (non-hydrogen) atoms. The Morgan fingerprint density at radius 2 is 1.81 bits per heavy atom. The normalized spacial score (nSPS) is 18.0. The van der Waals surface area contributed by atoms with E-state index in [1.165, 1.54) is 0 Å². The van der Waals surface area contributed by atoms with E-state index in [4.69, 9.17) is 9.47 Å². The molecule has 1 atom stereocenters. The summed E-state index contributed by atoms with van der Waals surface area (Å²) in [4.78, 5) is 29.3. The van der Waals surface area contributed by atoms with Crippen molar-refractivity contribution in [2.75, 3.05) is 13.2 Å². The number of aromatic nitrogens is 1. The molecule has 6 heteroatoms. The van der Waals surface area contributed by atoms with Gasteiger partial charge in [0, 0.05) is 23.0 Å². The summed E-state index contributed by atoms with van der Waals surface area (Å²) in [6, 6.07) is 7.61. The van der Waals surface area contributed by atoms with Gasteiger partial charge in [-0.25, -0.2) is 9.59 Å². The van der Waals surface area contributed by atoms with Crippen LogP contribution in [0.15, 0.2) is 36.4 Å². The highest BCUT2D eigenvalue weighted by Gasteiger charge is 2.54. The summed E-state index contributed by atoms with van der Waals surface area (Å²) in [7, 11) is 0. The summed E-state index contributed by atoms with van der Waals surface area (Å²) in [6.07, 6.45) is 0.761. The number of para-hydroxylation sites is 1. The highest BCUT2D eigenvalue weighted by Crippen LogP contribution is 2.38. The number of esters is 2. The molecule has 1 aromatic carbocycles. The van der Waals surface area contributed by atoms with Crippen molar-refractivity contribution in [3.05, 3.63) is 47.7 Å². The number of H-pyrrole nitrogens is 1. The van der Waals surface area contributed by atoms with Crippen LogP contribution in [-0.4, -0.2) is 35.7 Å². The maximum Gasteiger partial charge on any atom is 0.338 e. The number of hydrogen-bond acceptors (Lipinski definition) is 5. The molecular formula is C21H26N2O4. The van der Waals surface area contributed by atoms with Crippen molar-refractivity contribution in [2.45, 2.75) is 45.2 Å². The van der Waals surface area contributed by atoms with Crippen LogP contribution in [0.25, 0.3) is 10.9 Å². The molecule has 6 nitrogen and oxygen atoms in total. The molecule has 144 valence electrons. The molecular weight excluding hydrogens is 344 g/mol. The van der Waals surface area contributed by atoms with Crippen molar-refractivity contribution in [3.63, 3.8) is 0 Å². The first kappa shape index (κ1) is 19.2. The number of aromatic amines is 1. The third-order valence-electron chi connectivity index (χ3n) is 4.86. The first-order valence-electron chi connectivity index (χ1n) is 9.29. The molecule has 0 saturated carbocycles. The van der Waals surface area contributed by atoms with E-state index in [-0.39, 0.29) is 25.7 Å². The van der Waals surface area contributed by atoms with Gasteiger partial charge < -0.3 is 14.5 Å². The van der Waals surface area contributed by atoms with Gasteiger partial charge in [0.1, 0.15) is 0 Å². The van der Waals surface area contributed by atoms with Gasteiger partial charge in [0.15, 0.2) is 0 Å². The molecule has 2 heterocycles. The number of carbonyl (C=O) groups excluding carboxylic acids is 2. The Labute approximate surface area is 158 Å². The lowest BCUT2D eigenvalue weighted by atomic mass is 9.81. The standard InChI is InChI=1S/C21H26N2O4/c1-5-26-19(24)21(20(25)27-6-2)12-15-14-9-7-8-10-16(14)22-18(15)17(23-21)11-13(3)4/h7-10,17,22-23H,3,5-6,11-12H2,1-2,4H3. The minimum absolute atomic E-state index is 0.177. The molecule has 0 saturated heterocycles. The molecule has 0 spiro atoms. The summed E-state index contributed by atoms with van der Waals surface area (Å²) in [5.41, 5.74) is 2.27. The van der Waals surface area contributed by atoms with Gasteiger partial charge in [-0.05, 0) is 38.8 Å². The average molecular weight is 370 g/mol. The van der Waals surface area contributed by atoms with Crippen molar-refractivity contribution in [1.29, 1.82) is 0 Å². The minimum atomic E-state index is -1.57. The Kier molecular flexibility index (Phi) is 5.37. The molecule has 1 unspecified atom stereocenters. The molecule has 0 bridgehead atoms. The molecule has 0 amide bonds. The zero-order valence-corrected chi connectivity index (χ0v) is 16.1. The lowest BCUT2D eigenvalue weighted by Gasteiger charge is -2.38. The van der Waals surface area contributed by atoms with E-state index in [9.17, 15) is 9.59 Å². The lowest BCUT2D eigenvalue weighted by molar-refractivity contribution is -0.167. The van der Waals surface area contributed by atoms with Gasteiger partial charge >= 0.3 is 11.9 Å². The summed E-state index contributed by atoms with van der Waals surface area (Å²) in [5.74, 6) is -1.21. The van der Waals surface area contributed by atoms with Crippen LogP contribution >= 0.6 is 0 Å². The van der Waals surface area contributed by atoms with Crippen LogP contribution in [0.2, 0.25) is 0 Å². The molecule has 0 aliphatic carbocycles. The summed E-state index contributed by atoms with van der Waals surface area (Å²) in [5, 5.41) is 4.24. The van der Waals surface area contributed by atoms with E-state index in [1.54, 1.807) is 13.8 Å². The number of nitrogens with one attached hydrogen (secondary N) is 2. The van der Waals surface area contributed by atoms with Crippen molar-refractivity contribution in [1.82, 2.24) is 10.3 Å². The van der Waals surface area contributed by atoms with Gasteiger partial charge in [0.25, 0.3) is 0 Å². The van der Waals surface area contributed by atoms with Crippen LogP contribution in [-0.2, 0) is 25.5 Å². The van der Waals surface area contributed by atoms with Crippen molar-refractivity contribution >= 4 is 22.8 Å². The van der Waals surface area contributed by atoms with Crippen molar-refractivity contribution in [3.8, 4) is 0 Å². The lowest BCUT2D eigenvalue weighted by Crippen LogP contribution is -2.64. The smallest absolute Gasteiger partial charge is 0.338 e. The summed E-state index contributed by atoms with van der Waals surface area (Å²) >= 11 is 0. The van der Waals surface area contributed by atoms with Gasteiger partial charge in [0.2, 0.25) is 5.54 Å². The fourth-order valence-corrected chi connectivity index (χ4v) is 3.75. The zero-order chi connectivity index (χ0) is 19.6. The van der Waals surface area contributed by atoms with Crippen LogP contribution in [0.4, 0.5) is 0 Å².